The van der Waals surface area contributed by atoms with Crippen molar-refractivity contribution >= 4 is 6.21 Å². The number of nitrogens with zero attached hydrogens (tertiary/aromatic N) is 1. The van der Waals surface area contributed by atoms with Gasteiger partial charge in [0.25, 0.3) is 0 Å². The van der Waals surface area contributed by atoms with Crippen LogP contribution in [0.4, 0.5) is 0 Å². The standard InChI is InChI=1S/C7H10N2/c1-8-6-4-7-3-2-5-9-7/h2-3,5-6,9H,4H2,1H3/b8-6-. The molecule has 1 aromatic heterocycles. The van der Waals surface area contributed by atoms with E-state index in [1.54, 1.807) is 7.05 Å². The van der Waals surface area contributed by atoms with Gasteiger partial charge in [0.1, 0.15) is 0 Å². The van der Waals surface area contributed by atoms with Crippen molar-refractivity contribution in [3.05, 3.63) is 24.0 Å². The second kappa shape index (κ2) is 3.07. The van der Waals surface area contributed by atoms with E-state index in [0.29, 0.717) is 0 Å². The van der Waals surface area contributed by atoms with Gasteiger partial charge in [-0.3, -0.25) is 0 Å². The third-order valence-electron chi connectivity index (χ3n) is 1.16. The molecule has 1 heterocycles. The predicted molar refractivity (Wildman–Crippen MR) is 38.9 cm³/mol. The maximum Gasteiger partial charge on any atom is 0.0273 e. The van der Waals surface area contributed by atoms with Crippen LogP contribution in [0.1, 0.15) is 5.69 Å². The Bertz CT molecular complexity index is 175. The molecule has 0 saturated carbocycles. The first kappa shape index (κ1) is 6.08. The van der Waals surface area contributed by atoms with E-state index in [0.717, 1.165) is 6.42 Å². The van der Waals surface area contributed by atoms with Crippen molar-refractivity contribution in [3.63, 3.8) is 0 Å². The van der Waals surface area contributed by atoms with Crippen molar-refractivity contribution in [2.75, 3.05) is 7.05 Å². The van der Waals surface area contributed by atoms with Gasteiger partial charge >= 0.3 is 0 Å². The Morgan fingerprint density at radius 2 is 2.67 bits per heavy atom. The fourth-order valence-corrected chi connectivity index (χ4v) is 0.684. The number of hydrogen-bond acceptors (Lipinski definition) is 1. The molecule has 0 bridgehead atoms. The van der Waals surface area contributed by atoms with Gasteiger partial charge < -0.3 is 9.98 Å². The van der Waals surface area contributed by atoms with Gasteiger partial charge in [-0.25, -0.2) is 0 Å². The normalized spacial score (nSPS) is 10.8. The van der Waals surface area contributed by atoms with Crippen LogP contribution in [0.15, 0.2) is 23.3 Å². The van der Waals surface area contributed by atoms with Gasteiger partial charge in [-0.15, -0.1) is 0 Å². The van der Waals surface area contributed by atoms with Gasteiger partial charge in [0, 0.05) is 31.6 Å². The number of rotatable bonds is 2. The summed E-state index contributed by atoms with van der Waals surface area (Å²) in [7, 11) is 1.78. The minimum Gasteiger partial charge on any atom is -0.365 e. The first-order chi connectivity index (χ1) is 4.43. The number of hydrogen-bond donors (Lipinski definition) is 1. The molecule has 0 radical (unpaired) electrons. The van der Waals surface area contributed by atoms with Crippen LogP contribution in [0.5, 0.6) is 0 Å². The van der Waals surface area contributed by atoms with Crippen LogP contribution < -0.4 is 0 Å². The van der Waals surface area contributed by atoms with Crippen molar-refractivity contribution in [1.82, 2.24) is 4.98 Å². The van der Waals surface area contributed by atoms with Crippen LogP contribution in [-0.2, 0) is 6.42 Å². The van der Waals surface area contributed by atoms with Crippen LogP contribution >= 0.6 is 0 Å². The summed E-state index contributed by atoms with van der Waals surface area (Å²) in [6, 6.07) is 4.03. The highest BCUT2D eigenvalue weighted by Crippen LogP contribution is 1.92. The first-order valence-electron chi connectivity index (χ1n) is 2.96. The Balaban J connectivity index is 2.48. The van der Waals surface area contributed by atoms with E-state index < -0.39 is 0 Å². The summed E-state index contributed by atoms with van der Waals surface area (Å²) < 4.78 is 0. The summed E-state index contributed by atoms with van der Waals surface area (Å²) >= 11 is 0. The van der Waals surface area contributed by atoms with Crippen LogP contribution in [0.25, 0.3) is 0 Å². The van der Waals surface area contributed by atoms with E-state index in [2.05, 4.69) is 9.98 Å². The molecule has 0 amide bonds. The fraction of sp³-hybridized carbons (Fsp3) is 0.286. The molecule has 0 aromatic carbocycles. The molecule has 2 nitrogen and oxygen atoms in total. The van der Waals surface area contributed by atoms with Gasteiger partial charge in [0.05, 0.1) is 0 Å². The summed E-state index contributed by atoms with van der Waals surface area (Å²) in [4.78, 5) is 6.95. The highest BCUT2D eigenvalue weighted by molar-refractivity contribution is 5.60. The number of aliphatic imine (C=N–C) groups is 1. The Labute approximate surface area is 54.6 Å². The van der Waals surface area contributed by atoms with E-state index >= 15 is 0 Å². The molecular formula is C7H10N2. The lowest BCUT2D eigenvalue weighted by atomic mass is 10.3. The highest BCUT2D eigenvalue weighted by atomic mass is 14.7. The maximum atomic E-state index is 3.87. The van der Waals surface area contributed by atoms with Crippen molar-refractivity contribution in [1.29, 1.82) is 0 Å². The third kappa shape index (κ3) is 1.72. The quantitative estimate of drug-likeness (QED) is 0.572. The number of nitrogens with one attached hydrogen (secondary N) is 1. The number of aromatic nitrogens is 1. The van der Waals surface area contributed by atoms with Gasteiger partial charge in [-0.05, 0) is 12.1 Å². The van der Waals surface area contributed by atoms with Crippen molar-refractivity contribution in [3.8, 4) is 0 Å². The van der Waals surface area contributed by atoms with Crippen molar-refractivity contribution < 1.29 is 0 Å². The fourth-order valence-electron chi connectivity index (χ4n) is 0.684. The Hall–Kier alpha value is -1.05. The minimum atomic E-state index is 0.906. The van der Waals surface area contributed by atoms with Crippen molar-refractivity contribution in [2.45, 2.75) is 6.42 Å². The average Bonchev–Trinajstić information content (AvgIpc) is 2.34. The van der Waals surface area contributed by atoms with E-state index in [4.69, 9.17) is 0 Å². The predicted octanol–water partition coefficient (Wildman–Crippen LogP) is 1.26. The molecule has 0 saturated heterocycles. The molecule has 1 N–H and O–H groups in total. The molecule has 9 heavy (non-hydrogen) atoms. The molecule has 2 heteroatoms. The lowest BCUT2D eigenvalue weighted by Crippen LogP contribution is -1.83. The second-order valence-corrected chi connectivity index (χ2v) is 1.84. The van der Waals surface area contributed by atoms with E-state index in [9.17, 15) is 0 Å². The molecule has 0 aliphatic carbocycles. The lowest BCUT2D eigenvalue weighted by Gasteiger charge is -1.84. The molecule has 1 aromatic rings. The maximum absolute atomic E-state index is 3.87. The Kier molecular flexibility index (Phi) is 2.07. The summed E-state index contributed by atoms with van der Waals surface area (Å²) in [6.45, 7) is 0. The second-order valence-electron chi connectivity index (χ2n) is 1.84. The molecule has 0 aliphatic heterocycles. The van der Waals surface area contributed by atoms with E-state index in [-0.39, 0.29) is 0 Å². The van der Waals surface area contributed by atoms with Crippen LogP contribution in [0, 0.1) is 0 Å². The molecule has 0 fully saturated rings. The lowest BCUT2D eigenvalue weighted by molar-refractivity contribution is 1.20. The monoisotopic (exact) mass is 122 g/mol. The largest absolute Gasteiger partial charge is 0.365 e. The molecule has 0 aliphatic rings. The molecule has 0 unspecified atom stereocenters. The minimum absolute atomic E-state index is 0.906. The van der Waals surface area contributed by atoms with E-state index in [1.807, 2.05) is 24.5 Å². The SMILES string of the molecule is C/N=C\Cc1ccc[nH]1. The van der Waals surface area contributed by atoms with Crippen molar-refractivity contribution in [2.24, 2.45) is 4.99 Å². The zero-order valence-corrected chi connectivity index (χ0v) is 5.46. The number of aromatic amines is 1. The molecule has 0 spiro atoms. The zero-order chi connectivity index (χ0) is 6.53. The zero-order valence-electron chi connectivity index (χ0n) is 5.46. The summed E-state index contributed by atoms with van der Waals surface area (Å²) in [6.07, 6.45) is 4.70. The van der Waals surface area contributed by atoms with Gasteiger partial charge in [-0.1, -0.05) is 0 Å². The smallest absolute Gasteiger partial charge is 0.0273 e. The third-order valence-corrected chi connectivity index (χ3v) is 1.16. The van der Waals surface area contributed by atoms with Gasteiger partial charge in [0.15, 0.2) is 0 Å². The van der Waals surface area contributed by atoms with Crippen LogP contribution in [0.3, 0.4) is 0 Å². The Morgan fingerprint density at radius 1 is 1.78 bits per heavy atom. The van der Waals surface area contributed by atoms with Crippen LogP contribution in [0.2, 0.25) is 0 Å². The van der Waals surface area contributed by atoms with Gasteiger partial charge in [-0.2, -0.15) is 0 Å². The molecular weight excluding hydrogens is 112 g/mol. The first-order valence-corrected chi connectivity index (χ1v) is 2.96. The topological polar surface area (TPSA) is 28.1 Å². The average molecular weight is 122 g/mol. The summed E-state index contributed by atoms with van der Waals surface area (Å²) in [5.41, 5.74) is 1.21. The van der Waals surface area contributed by atoms with E-state index in [1.165, 1.54) is 5.69 Å². The molecule has 48 valence electrons. The highest BCUT2D eigenvalue weighted by Gasteiger charge is 1.84. The molecule has 1 rings (SSSR count). The number of H-pyrrole nitrogens is 1. The van der Waals surface area contributed by atoms with Crippen LogP contribution in [-0.4, -0.2) is 18.2 Å². The Morgan fingerprint density at radius 3 is 3.22 bits per heavy atom. The van der Waals surface area contributed by atoms with Gasteiger partial charge in [0.2, 0.25) is 0 Å². The summed E-state index contributed by atoms with van der Waals surface area (Å²) in [5, 5.41) is 0. The summed E-state index contributed by atoms with van der Waals surface area (Å²) in [5.74, 6) is 0. The molecule has 0 atom stereocenters.